The molecule has 1 saturated heterocycles. The van der Waals surface area contributed by atoms with Crippen molar-refractivity contribution in [2.45, 2.75) is 32.4 Å². The van der Waals surface area contributed by atoms with Crippen LogP contribution in [0.15, 0.2) is 30.6 Å². The number of rotatable bonds is 2. The van der Waals surface area contributed by atoms with Gasteiger partial charge in [-0.05, 0) is 32.9 Å². The van der Waals surface area contributed by atoms with Crippen LogP contribution in [0.4, 0.5) is 10.6 Å². The van der Waals surface area contributed by atoms with Gasteiger partial charge < -0.3 is 15.0 Å². The molecule has 6 heteroatoms. The van der Waals surface area contributed by atoms with E-state index in [0.29, 0.717) is 0 Å². The fourth-order valence-corrected chi connectivity index (χ4v) is 2.46. The van der Waals surface area contributed by atoms with Crippen molar-refractivity contribution >= 4 is 22.8 Å². The van der Waals surface area contributed by atoms with E-state index in [1.54, 1.807) is 6.33 Å². The Morgan fingerprint density at radius 1 is 1.27 bits per heavy atom. The summed E-state index contributed by atoms with van der Waals surface area (Å²) >= 11 is 0. The number of benzene rings is 1. The zero-order chi connectivity index (χ0) is 15.7. The van der Waals surface area contributed by atoms with Crippen LogP contribution in [0, 0.1) is 0 Å². The van der Waals surface area contributed by atoms with E-state index in [-0.39, 0.29) is 12.1 Å². The van der Waals surface area contributed by atoms with Crippen LogP contribution >= 0.6 is 0 Å². The Morgan fingerprint density at radius 2 is 2.00 bits per heavy atom. The standard InChI is InChI=1S/C16H20N4O2/c1-16(2,3)22-15(21)19-11-8-20(9-11)14-12-6-4-5-7-13(12)17-10-18-14/h4-7,10-11H,8-9H2,1-3H3,(H,19,21). The number of fused-ring (bicyclic) bond motifs is 1. The first-order valence-corrected chi connectivity index (χ1v) is 7.36. The van der Waals surface area contributed by atoms with E-state index in [4.69, 9.17) is 4.74 Å². The average molecular weight is 300 g/mol. The summed E-state index contributed by atoms with van der Waals surface area (Å²) in [5.41, 5.74) is 0.451. The van der Waals surface area contributed by atoms with Gasteiger partial charge in [-0.3, -0.25) is 0 Å². The van der Waals surface area contributed by atoms with Crippen LogP contribution in [-0.2, 0) is 4.74 Å². The minimum Gasteiger partial charge on any atom is -0.444 e. The van der Waals surface area contributed by atoms with E-state index in [1.807, 2.05) is 45.0 Å². The summed E-state index contributed by atoms with van der Waals surface area (Å²) in [5.74, 6) is 0.910. The Hall–Kier alpha value is -2.37. The molecule has 0 bridgehead atoms. The lowest BCUT2D eigenvalue weighted by Gasteiger charge is -2.40. The maximum absolute atomic E-state index is 11.7. The molecule has 1 aromatic carbocycles. The number of hydrogen-bond acceptors (Lipinski definition) is 5. The van der Waals surface area contributed by atoms with Crippen LogP contribution in [0.5, 0.6) is 0 Å². The number of hydrogen-bond donors (Lipinski definition) is 1. The number of ether oxygens (including phenoxy) is 1. The molecular weight excluding hydrogens is 280 g/mol. The lowest BCUT2D eigenvalue weighted by Crippen LogP contribution is -2.60. The number of para-hydroxylation sites is 1. The molecule has 0 aliphatic carbocycles. The fraction of sp³-hybridized carbons (Fsp3) is 0.438. The van der Waals surface area contributed by atoms with Crippen molar-refractivity contribution in [1.82, 2.24) is 15.3 Å². The van der Waals surface area contributed by atoms with Crippen molar-refractivity contribution in [2.24, 2.45) is 0 Å². The second-order valence-corrected chi connectivity index (χ2v) is 6.46. The van der Waals surface area contributed by atoms with Gasteiger partial charge in [-0.1, -0.05) is 12.1 Å². The lowest BCUT2D eigenvalue weighted by atomic mass is 10.1. The first-order valence-electron chi connectivity index (χ1n) is 7.36. The molecule has 2 aromatic rings. The molecule has 0 unspecified atom stereocenters. The van der Waals surface area contributed by atoms with Crippen molar-refractivity contribution in [2.75, 3.05) is 18.0 Å². The molecule has 1 N–H and O–H groups in total. The molecule has 0 spiro atoms. The van der Waals surface area contributed by atoms with Crippen molar-refractivity contribution in [3.05, 3.63) is 30.6 Å². The summed E-state index contributed by atoms with van der Waals surface area (Å²) in [6.45, 7) is 7.01. The van der Waals surface area contributed by atoms with Crippen molar-refractivity contribution < 1.29 is 9.53 Å². The van der Waals surface area contributed by atoms with Gasteiger partial charge >= 0.3 is 6.09 Å². The van der Waals surface area contributed by atoms with Crippen LogP contribution in [0.25, 0.3) is 10.9 Å². The molecular formula is C16H20N4O2. The molecule has 116 valence electrons. The summed E-state index contributed by atoms with van der Waals surface area (Å²) in [7, 11) is 0. The van der Waals surface area contributed by atoms with Crippen molar-refractivity contribution in [3.63, 3.8) is 0 Å². The minimum atomic E-state index is -0.476. The number of amides is 1. The highest BCUT2D eigenvalue weighted by atomic mass is 16.6. The number of anilines is 1. The second-order valence-electron chi connectivity index (χ2n) is 6.46. The molecule has 0 atom stereocenters. The van der Waals surface area contributed by atoms with E-state index in [9.17, 15) is 4.79 Å². The van der Waals surface area contributed by atoms with Gasteiger partial charge in [0.15, 0.2) is 0 Å². The maximum Gasteiger partial charge on any atom is 0.407 e. The Morgan fingerprint density at radius 3 is 2.73 bits per heavy atom. The van der Waals surface area contributed by atoms with E-state index < -0.39 is 5.60 Å². The third-order valence-corrected chi connectivity index (χ3v) is 3.42. The van der Waals surface area contributed by atoms with Gasteiger partial charge in [-0.25, -0.2) is 14.8 Å². The summed E-state index contributed by atoms with van der Waals surface area (Å²) in [4.78, 5) is 22.5. The Balaban J connectivity index is 1.62. The summed E-state index contributed by atoms with van der Waals surface area (Å²) in [6, 6.07) is 8.01. The van der Waals surface area contributed by atoms with E-state index in [0.717, 1.165) is 29.8 Å². The van der Waals surface area contributed by atoms with Gasteiger partial charge in [0.05, 0.1) is 11.6 Å². The predicted molar refractivity (Wildman–Crippen MR) is 84.9 cm³/mol. The van der Waals surface area contributed by atoms with Gasteiger partial charge in [0.1, 0.15) is 17.7 Å². The van der Waals surface area contributed by atoms with Crippen LogP contribution in [-0.4, -0.2) is 40.8 Å². The quantitative estimate of drug-likeness (QED) is 0.922. The maximum atomic E-state index is 11.7. The molecule has 1 amide bonds. The SMILES string of the molecule is CC(C)(C)OC(=O)NC1CN(c2ncnc3ccccc23)C1. The van der Waals surface area contributed by atoms with Crippen molar-refractivity contribution in [1.29, 1.82) is 0 Å². The van der Waals surface area contributed by atoms with Crippen LogP contribution in [0.3, 0.4) is 0 Å². The number of nitrogens with zero attached hydrogens (tertiary/aromatic N) is 3. The smallest absolute Gasteiger partial charge is 0.407 e. The molecule has 6 nitrogen and oxygen atoms in total. The highest BCUT2D eigenvalue weighted by molar-refractivity contribution is 5.89. The molecule has 0 radical (unpaired) electrons. The average Bonchev–Trinajstić information content (AvgIpc) is 2.40. The van der Waals surface area contributed by atoms with Crippen LogP contribution in [0.2, 0.25) is 0 Å². The highest BCUT2D eigenvalue weighted by Gasteiger charge is 2.31. The van der Waals surface area contributed by atoms with Crippen LogP contribution < -0.4 is 10.2 Å². The van der Waals surface area contributed by atoms with Gasteiger partial charge in [0, 0.05) is 18.5 Å². The van der Waals surface area contributed by atoms with Crippen LogP contribution in [0.1, 0.15) is 20.8 Å². The number of alkyl carbamates (subject to hydrolysis) is 1. The van der Waals surface area contributed by atoms with Gasteiger partial charge in [-0.15, -0.1) is 0 Å². The minimum absolute atomic E-state index is 0.0866. The van der Waals surface area contributed by atoms with Gasteiger partial charge in [0.2, 0.25) is 0 Å². The Kier molecular flexibility index (Phi) is 3.60. The van der Waals surface area contributed by atoms with E-state index >= 15 is 0 Å². The summed E-state index contributed by atoms with van der Waals surface area (Å²) in [5, 5.41) is 3.90. The number of carbonyl (C=O) groups is 1. The first kappa shape index (κ1) is 14.6. The monoisotopic (exact) mass is 300 g/mol. The molecule has 1 aromatic heterocycles. The van der Waals surface area contributed by atoms with E-state index in [1.165, 1.54) is 0 Å². The summed E-state index contributed by atoms with van der Waals surface area (Å²) in [6.07, 6.45) is 1.21. The van der Waals surface area contributed by atoms with Gasteiger partial charge in [0.25, 0.3) is 0 Å². The predicted octanol–water partition coefficient (Wildman–Crippen LogP) is 2.34. The molecule has 1 aliphatic heterocycles. The number of aromatic nitrogens is 2. The first-order chi connectivity index (χ1) is 10.4. The Bertz CT molecular complexity index is 685. The molecule has 2 heterocycles. The number of nitrogens with one attached hydrogen (secondary N) is 1. The highest BCUT2D eigenvalue weighted by Crippen LogP contribution is 2.26. The third-order valence-electron chi connectivity index (χ3n) is 3.42. The zero-order valence-electron chi connectivity index (χ0n) is 13.0. The zero-order valence-corrected chi connectivity index (χ0v) is 13.0. The Labute approximate surface area is 129 Å². The second kappa shape index (κ2) is 5.44. The molecule has 22 heavy (non-hydrogen) atoms. The number of carbonyl (C=O) groups excluding carboxylic acids is 1. The molecule has 3 rings (SSSR count). The normalized spacial score (nSPS) is 15.5. The molecule has 1 aliphatic rings. The molecule has 1 fully saturated rings. The van der Waals surface area contributed by atoms with Crippen molar-refractivity contribution in [3.8, 4) is 0 Å². The van der Waals surface area contributed by atoms with E-state index in [2.05, 4.69) is 20.2 Å². The summed E-state index contributed by atoms with van der Waals surface area (Å²) < 4.78 is 5.26. The molecule has 0 saturated carbocycles. The van der Waals surface area contributed by atoms with Gasteiger partial charge in [-0.2, -0.15) is 0 Å². The lowest BCUT2D eigenvalue weighted by molar-refractivity contribution is 0.0496. The third kappa shape index (κ3) is 3.10. The topological polar surface area (TPSA) is 67.3 Å². The fourth-order valence-electron chi connectivity index (χ4n) is 2.46. The largest absolute Gasteiger partial charge is 0.444 e.